The van der Waals surface area contributed by atoms with Gasteiger partial charge in [0.05, 0.1) is 0 Å². The molecular weight excluding hydrogens is 290 g/mol. The van der Waals surface area contributed by atoms with Crippen LogP contribution in [-0.2, 0) is 6.54 Å². The Labute approximate surface area is 136 Å². The zero-order chi connectivity index (χ0) is 16.1. The molecule has 0 saturated carbocycles. The predicted octanol–water partition coefficient (Wildman–Crippen LogP) is 1.16. The Bertz CT molecular complexity index is 653. The maximum atomic E-state index is 12.3. The summed E-state index contributed by atoms with van der Waals surface area (Å²) >= 11 is 0. The number of carbonyl (C=O) groups excluding carboxylic acids is 1. The lowest BCUT2D eigenvalue weighted by Crippen LogP contribution is -2.45. The van der Waals surface area contributed by atoms with Crippen molar-refractivity contribution in [1.82, 2.24) is 20.2 Å². The molecule has 1 fully saturated rings. The molecule has 0 bridgehead atoms. The van der Waals surface area contributed by atoms with Gasteiger partial charge in [0.2, 0.25) is 5.95 Å². The van der Waals surface area contributed by atoms with Crippen LogP contribution >= 0.6 is 0 Å². The van der Waals surface area contributed by atoms with Gasteiger partial charge in [0.25, 0.3) is 5.91 Å². The van der Waals surface area contributed by atoms with Crippen molar-refractivity contribution in [2.75, 3.05) is 38.1 Å². The molecule has 0 unspecified atom stereocenters. The van der Waals surface area contributed by atoms with E-state index in [4.69, 9.17) is 0 Å². The molecule has 1 aliphatic rings. The standard InChI is InChI=1S/C17H21N5O/c1-21-9-11-22(12-10-21)17-18-8-7-15(20-17)16(23)19-13-14-5-3-2-4-6-14/h2-8H,9-13H2,1H3,(H,19,23). The number of likely N-dealkylation sites (N-methyl/N-ethyl adjacent to an activating group) is 1. The highest BCUT2D eigenvalue weighted by Gasteiger charge is 2.17. The topological polar surface area (TPSA) is 61.4 Å². The number of carbonyl (C=O) groups is 1. The second-order valence-electron chi connectivity index (χ2n) is 5.70. The van der Waals surface area contributed by atoms with Crippen LogP contribution in [0.5, 0.6) is 0 Å². The van der Waals surface area contributed by atoms with E-state index in [1.807, 2.05) is 30.3 Å². The van der Waals surface area contributed by atoms with Gasteiger partial charge in [0.1, 0.15) is 5.69 Å². The molecule has 0 atom stereocenters. The summed E-state index contributed by atoms with van der Waals surface area (Å²) in [6.45, 7) is 4.21. The molecule has 0 radical (unpaired) electrons. The largest absolute Gasteiger partial charge is 0.347 e. The van der Waals surface area contributed by atoms with Gasteiger partial charge in [0.15, 0.2) is 0 Å². The quantitative estimate of drug-likeness (QED) is 0.918. The molecule has 6 nitrogen and oxygen atoms in total. The summed E-state index contributed by atoms with van der Waals surface area (Å²) in [5.74, 6) is 0.456. The fourth-order valence-corrected chi connectivity index (χ4v) is 2.50. The van der Waals surface area contributed by atoms with Crippen LogP contribution in [-0.4, -0.2) is 54.0 Å². The molecule has 120 valence electrons. The Morgan fingerprint density at radius 3 is 2.61 bits per heavy atom. The van der Waals surface area contributed by atoms with E-state index in [0.29, 0.717) is 18.2 Å². The lowest BCUT2D eigenvalue weighted by Gasteiger charge is -2.32. The smallest absolute Gasteiger partial charge is 0.270 e. The van der Waals surface area contributed by atoms with Crippen LogP contribution in [0, 0.1) is 0 Å². The molecule has 2 heterocycles. The number of piperazine rings is 1. The van der Waals surface area contributed by atoms with Crippen LogP contribution in [0.2, 0.25) is 0 Å². The van der Waals surface area contributed by atoms with Crippen LogP contribution in [0.25, 0.3) is 0 Å². The summed E-state index contributed by atoms with van der Waals surface area (Å²) in [5, 5.41) is 2.90. The van der Waals surface area contributed by atoms with Crippen molar-refractivity contribution in [2.45, 2.75) is 6.54 Å². The summed E-state index contributed by atoms with van der Waals surface area (Å²) in [4.78, 5) is 25.4. The summed E-state index contributed by atoms with van der Waals surface area (Å²) < 4.78 is 0. The van der Waals surface area contributed by atoms with E-state index in [9.17, 15) is 4.79 Å². The second-order valence-corrected chi connectivity index (χ2v) is 5.70. The van der Waals surface area contributed by atoms with E-state index in [1.165, 1.54) is 0 Å². The highest BCUT2D eigenvalue weighted by molar-refractivity contribution is 5.92. The van der Waals surface area contributed by atoms with Crippen molar-refractivity contribution in [3.05, 3.63) is 53.9 Å². The van der Waals surface area contributed by atoms with Gasteiger partial charge in [-0.1, -0.05) is 30.3 Å². The van der Waals surface area contributed by atoms with Gasteiger partial charge in [-0.25, -0.2) is 9.97 Å². The van der Waals surface area contributed by atoms with Crippen molar-refractivity contribution >= 4 is 11.9 Å². The molecule has 1 aromatic carbocycles. The first-order valence-corrected chi connectivity index (χ1v) is 7.81. The zero-order valence-electron chi connectivity index (χ0n) is 13.3. The number of benzene rings is 1. The third kappa shape index (κ3) is 4.04. The number of aromatic nitrogens is 2. The molecule has 1 aromatic heterocycles. The number of amides is 1. The maximum absolute atomic E-state index is 12.3. The minimum atomic E-state index is -0.174. The maximum Gasteiger partial charge on any atom is 0.270 e. The fourth-order valence-electron chi connectivity index (χ4n) is 2.50. The molecule has 0 spiro atoms. The number of nitrogens with zero attached hydrogens (tertiary/aromatic N) is 4. The SMILES string of the molecule is CN1CCN(c2nccc(C(=O)NCc3ccccc3)n2)CC1. The zero-order valence-corrected chi connectivity index (χ0v) is 13.3. The van der Waals surface area contributed by atoms with Gasteiger partial charge >= 0.3 is 0 Å². The van der Waals surface area contributed by atoms with E-state index in [-0.39, 0.29) is 5.91 Å². The van der Waals surface area contributed by atoms with Gasteiger partial charge in [-0.3, -0.25) is 4.79 Å². The highest BCUT2D eigenvalue weighted by atomic mass is 16.1. The van der Waals surface area contributed by atoms with Crippen molar-refractivity contribution < 1.29 is 4.79 Å². The summed E-state index contributed by atoms with van der Waals surface area (Å²) in [6, 6.07) is 11.5. The summed E-state index contributed by atoms with van der Waals surface area (Å²) in [7, 11) is 2.10. The van der Waals surface area contributed by atoms with E-state index in [1.54, 1.807) is 12.3 Å². The van der Waals surface area contributed by atoms with Crippen LogP contribution in [0.15, 0.2) is 42.6 Å². The van der Waals surface area contributed by atoms with Crippen molar-refractivity contribution in [3.63, 3.8) is 0 Å². The molecule has 1 amide bonds. The Kier molecular flexibility index (Phi) is 4.83. The van der Waals surface area contributed by atoms with Crippen LogP contribution in [0.3, 0.4) is 0 Å². The molecule has 6 heteroatoms. The highest BCUT2D eigenvalue weighted by Crippen LogP contribution is 2.10. The van der Waals surface area contributed by atoms with E-state index < -0.39 is 0 Å². The first kappa shape index (κ1) is 15.4. The van der Waals surface area contributed by atoms with Crippen LogP contribution in [0.4, 0.5) is 5.95 Å². The lowest BCUT2D eigenvalue weighted by atomic mass is 10.2. The van der Waals surface area contributed by atoms with Crippen molar-refractivity contribution in [1.29, 1.82) is 0 Å². The van der Waals surface area contributed by atoms with E-state index in [2.05, 4.69) is 32.1 Å². The summed E-state index contributed by atoms with van der Waals surface area (Å²) in [5.41, 5.74) is 1.47. The normalized spacial score (nSPS) is 15.4. The fraction of sp³-hybridized carbons (Fsp3) is 0.353. The van der Waals surface area contributed by atoms with Crippen molar-refractivity contribution in [3.8, 4) is 0 Å². The monoisotopic (exact) mass is 311 g/mol. The molecule has 0 aliphatic carbocycles. The number of nitrogens with one attached hydrogen (secondary N) is 1. The second kappa shape index (κ2) is 7.19. The van der Waals surface area contributed by atoms with Crippen LogP contribution < -0.4 is 10.2 Å². The number of hydrogen-bond acceptors (Lipinski definition) is 5. The number of hydrogen-bond donors (Lipinski definition) is 1. The van der Waals surface area contributed by atoms with Gasteiger partial charge in [0, 0.05) is 38.9 Å². The summed E-state index contributed by atoms with van der Waals surface area (Å²) in [6.07, 6.45) is 1.65. The molecule has 23 heavy (non-hydrogen) atoms. The average molecular weight is 311 g/mol. The molecule has 3 rings (SSSR count). The Morgan fingerprint density at radius 2 is 1.87 bits per heavy atom. The minimum Gasteiger partial charge on any atom is -0.347 e. The lowest BCUT2D eigenvalue weighted by molar-refractivity contribution is 0.0946. The minimum absolute atomic E-state index is 0.174. The molecular formula is C17H21N5O. The number of anilines is 1. The van der Waals surface area contributed by atoms with E-state index in [0.717, 1.165) is 31.7 Å². The van der Waals surface area contributed by atoms with E-state index >= 15 is 0 Å². The number of rotatable bonds is 4. The van der Waals surface area contributed by atoms with Gasteiger partial charge < -0.3 is 15.1 Å². The van der Waals surface area contributed by atoms with Gasteiger partial charge in [-0.05, 0) is 18.7 Å². The van der Waals surface area contributed by atoms with Gasteiger partial charge in [-0.2, -0.15) is 0 Å². The van der Waals surface area contributed by atoms with Crippen LogP contribution in [0.1, 0.15) is 16.1 Å². The van der Waals surface area contributed by atoms with Crippen molar-refractivity contribution in [2.24, 2.45) is 0 Å². The first-order valence-electron chi connectivity index (χ1n) is 7.81. The third-order valence-electron chi connectivity index (χ3n) is 3.96. The predicted molar refractivity (Wildman–Crippen MR) is 89.4 cm³/mol. The Morgan fingerprint density at radius 1 is 1.13 bits per heavy atom. The average Bonchev–Trinajstić information content (AvgIpc) is 2.61. The molecule has 1 N–H and O–H groups in total. The Hall–Kier alpha value is -2.47. The molecule has 1 aliphatic heterocycles. The first-order chi connectivity index (χ1) is 11.2. The van der Waals surface area contributed by atoms with Gasteiger partial charge in [-0.15, -0.1) is 0 Å². The molecule has 1 saturated heterocycles. The third-order valence-corrected chi connectivity index (χ3v) is 3.96. The Balaban J connectivity index is 1.63. The molecule has 2 aromatic rings.